The molecule has 2 saturated heterocycles. The van der Waals surface area contributed by atoms with Crippen LogP contribution < -0.4 is 9.64 Å². The van der Waals surface area contributed by atoms with Crippen LogP contribution in [0.1, 0.15) is 27.4 Å². The molecule has 2 heterocycles. The summed E-state index contributed by atoms with van der Waals surface area (Å²) in [5.41, 5.74) is 1.71. The highest BCUT2D eigenvalue weighted by molar-refractivity contribution is 5.94. The van der Waals surface area contributed by atoms with E-state index in [4.69, 9.17) is 4.74 Å². The van der Waals surface area contributed by atoms with Crippen molar-refractivity contribution in [2.24, 2.45) is 5.92 Å². The molecule has 2 fully saturated rings. The second-order valence-electron chi connectivity index (χ2n) is 10.1. The van der Waals surface area contributed by atoms with Crippen molar-refractivity contribution in [1.82, 2.24) is 9.80 Å². The van der Waals surface area contributed by atoms with E-state index >= 15 is 0 Å². The van der Waals surface area contributed by atoms with E-state index in [0.29, 0.717) is 24.2 Å². The zero-order valence-electron chi connectivity index (χ0n) is 21.4. The van der Waals surface area contributed by atoms with Crippen LogP contribution in [0.25, 0.3) is 0 Å². The fourth-order valence-corrected chi connectivity index (χ4v) is 5.64. The van der Waals surface area contributed by atoms with Crippen LogP contribution in [0.5, 0.6) is 5.75 Å². The third-order valence-corrected chi connectivity index (χ3v) is 7.67. The summed E-state index contributed by atoms with van der Waals surface area (Å²) >= 11 is 0. The molecule has 200 valence electrons. The number of benzene rings is 3. The van der Waals surface area contributed by atoms with Gasteiger partial charge in [-0.25, -0.2) is 0 Å². The number of hydrogen-bond acceptors (Lipinski definition) is 4. The van der Waals surface area contributed by atoms with Crippen molar-refractivity contribution in [2.75, 3.05) is 57.8 Å². The summed E-state index contributed by atoms with van der Waals surface area (Å²) in [5.74, 6) is 0.617. The highest BCUT2D eigenvalue weighted by atomic mass is 19.4. The second kappa shape index (κ2) is 11.1. The molecule has 8 heteroatoms. The Morgan fingerprint density at radius 1 is 0.895 bits per heavy atom. The van der Waals surface area contributed by atoms with Crippen LogP contribution in [0.4, 0.5) is 18.9 Å². The van der Waals surface area contributed by atoms with Crippen molar-refractivity contribution in [1.29, 1.82) is 0 Å². The number of ether oxygens (including phenoxy) is 1. The standard InChI is InChI=1S/C30H32F3N3O2/c1-38-27-12-6-11-26(18-27)35-15-13-34(14-16-35)19-24-20-36(29(37)22-7-3-2-4-8-22)21-28(24)23-9-5-10-25(17-23)30(31,32)33/h2-12,17-18,24,28H,13-16,19-21H2,1H3/t24-,28+/m1/s1. The van der Waals surface area contributed by atoms with Crippen molar-refractivity contribution < 1.29 is 22.7 Å². The minimum atomic E-state index is -4.40. The van der Waals surface area contributed by atoms with E-state index in [-0.39, 0.29) is 17.7 Å². The van der Waals surface area contributed by atoms with Crippen molar-refractivity contribution >= 4 is 11.6 Å². The smallest absolute Gasteiger partial charge is 0.416 e. The first-order chi connectivity index (χ1) is 18.3. The van der Waals surface area contributed by atoms with Gasteiger partial charge in [0.15, 0.2) is 0 Å². The molecule has 2 atom stereocenters. The Bertz CT molecular complexity index is 1240. The third-order valence-electron chi connectivity index (χ3n) is 7.67. The molecular weight excluding hydrogens is 491 g/mol. The van der Waals surface area contributed by atoms with Gasteiger partial charge in [-0.15, -0.1) is 0 Å². The fraction of sp³-hybridized carbons (Fsp3) is 0.367. The molecule has 0 N–H and O–H groups in total. The Morgan fingerprint density at radius 3 is 2.34 bits per heavy atom. The van der Waals surface area contributed by atoms with E-state index in [1.54, 1.807) is 30.2 Å². The van der Waals surface area contributed by atoms with Crippen molar-refractivity contribution in [3.63, 3.8) is 0 Å². The number of carbonyl (C=O) groups is 1. The van der Waals surface area contributed by atoms with E-state index < -0.39 is 11.7 Å². The molecule has 0 bridgehead atoms. The highest BCUT2D eigenvalue weighted by Gasteiger charge is 2.39. The van der Waals surface area contributed by atoms with Gasteiger partial charge in [-0.1, -0.05) is 42.5 Å². The lowest BCUT2D eigenvalue weighted by Gasteiger charge is -2.38. The normalized spacial score (nSPS) is 20.5. The van der Waals surface area contributed by atoms with Crippen LogP contribution in [0.3, 0.4) is 0 Å². The van der Waals surface area contributed by atoms with Gasteiger partial charge in [0.2, 0.25) is 0 Å². The fourth-order valence-electron chi connectivity index (χ4n) is 5.64. The number of piperazine rings is 1. The van der Waals surface area contributed by atoms with Gasteiger partial charge in [-0.3, -0.25) is 9.69 Å². The lowest BCUT2D eigenvalue weighted by molar-refractivity contribution is -0.137. The molecule has 0 spiro atoms. The van der Waals surface area contributed by atoms with Gasteiger partial charge < -0.3 is 14.5 Å². The molecule has 2 aliphatic rings. The highest BCUT2D eigenvalue weighted by Crippen LogP contribution is 2.37. The number of rotatable bonds is 6. The summed E-state index contributed by atoms with van der Waals surface area (Å²) in [5, 5.41) is 0. The van der Waals surface area contributed by atoms with E-state index in [9.17, 15) is 18.0 Å². The van der Waals surface area contributed by atoms with Crippen LogP contribution in [-0.4, -0.2) is 68.6 Å². The predicted octanol–water partition coefficient (Wildman–Crippen LogP) is 5.39. The Labute approximate surface area is 221 Å². The summed E-state index contributed by atoms with van der Waals surface area (Å²) in [4.78, 5) is 19.8. The summed E-state index contributed by atoms with van der Waals surface area (Å²) in [6, 6.07) is 22.7. The molecule has 0 aliphatic carbocycles. The molecule has 0 aromatic heterocycles. The SMILES string of the molecule is COc1cccc(N2CCN(C[C@@H]3CN(C(=O)c4ccccc4)C[C@H]3c3cccc(C(F)(F)F)c3)CC2)c1. The maximum Gasteiger partial charge on any atom is 0.416 e. The van der Waals surface area contributed by atoms with Crippen molar-refractivity contribution in [3.05, 3.63) is 95.6 Å². The number of carbonyl (C=O) groups excluding carboxylic acids is 1. The molecule has 2 aliphatic heterocycles. The van der Waals surface area contributed by atoms with Gasteiger partial charge in [0.1, 0.15) is 5.75 Å². The number of halogens is 3. The van der Waals surface area contributed by atoms with Gasteiger partial charge in [0.05, 0.1) is 12.7 Å². The maximum absolute atomic E-state index is 13.5. The summed E-state index contributed by atoms with van der Waals surface area (Å²) < 4.78 is 45.8. The zero-order chi connectivity index (χ0) is 26.7. The second-order valence-corrected chi connectivity index (χ2v) is 10.1. The third kappa shape index (κ3) is 5.80. The topological polar surface area (TPSA) is 36.0 Å². The molecule has 3 aromatic rings. The molecule has 3 aromatic carbocycles. The summed E-state index contributed by atoms with van der Waals surface area (Å²) in [6.07, 6.45) is -4.40. The van der Waals surface area contributed by atoms with Crippen LogP contribution in [-0.2, 0) is 6.18 Å². The molecule has 0 radical (unpaired) electrons. The van der Waals surface area contributed by atoms with Crippen LogP contribution in [0.15, 0.2) is 78.9 Å². The lowest BCUT2D eigenvalue weighted by Crippen LogP contribution is -2.48. The molecule has 38 heavy (non-hydrogen) atoms. The Hall–Kier alpha value is -3.52. The first-order valence-corrected chi connectivity index (χ1v) is 12.9. The first kappa shape index (κ1) is 26.1. The number of anilines is 1. The number of nitrogens with zero attached hydrogens (tertiary/aromatic N) is 3. The average molecular weight is 524 g/mol. The van der Waals surface area contributed by atoms with Crippen LogP contribution >= 0.6 is 0 Å². The molecule has 5 rings (SSSR count). The van der Waals surface area contributed by atoms with E-state index in [1.165, 1.54) is 12.1 Å². The van der Waals surface area contributed by atoms with Gasteiger partial charge >= 0.3 is 6.18 Å². The number of methoxy groups -OCH3 is 1. The number of hydrogen-bond donors (Lipinski definition) is 0. The Balaban J connectivity index is 1.32. The molecule has 1 amide bonds. The quantitative estimate of drug-likeness (QED) is 0.434. The first-order valence-electron chi connectivity index (χ1n) is 12.9. The largest absolute Gasteiger partial charge is 0.497 e. The molecule has 0 saturated carbocycles. The average Bonchev–Trinajstić information content (AvgIpc) is 3.37. The van der Waals surface area contributed by atoms with Crippen LogP contribution in [0, 0.1) is 5.92 Å². The van der Waals surface area contributed by atoms with Gasteiger partial charge in [-0.2, -0.15) is 13.2 Å². The van der Waals surface area contributed by atoms with Gasteiger partial charge in [-0.05, 0) is 41.8 Å². The number of alkyl halides is 3. The summed E-state index contributed by atoms with van der Waals surface area (Å²) in [6.45, 7) is 5.03. The lowest BCUT2D eigenvalue weighted by atomic mass is 9.87. The van der Waals surface area contributed by atoms with Crippen molar-refractivity contribution in [2.45, 2.75) is 12.1 Å². The molecule has 0 unspecified atom stereocenters. The Morgan fingerprint density at radius 2 is 1.63 bits per heavy atom. The van der Waals surface area contributed by atoms with E-state index in [0.717, 1.165) is 50.2 Å². The summed E-state index contributed by atoms with van der Waals surface area (Å²) in [7, 11) is 1.66. The minimum Gasteiger partial charge on any atom is -0.497 e. The van der Waals surface area contributed by atoms with E-state index in [1.807, 2.05) is 36.4 Å². The Kier molecular flexibility index (Phi) is 7.61. The predicted molar refractivity (Wildman–Crippen MR) is 142 cm³/mol. The number of amides is 1. The monoisotopic (exact) mass is 523 g/mol. The van der Waals surface area contributed by atoms with Gasteiger partial charge in [0.25, 0.3) is 5.91 Å². The van der Waals surface area contributed by atoms with Crippen LogP contribution in [0.2, 0.25) is 0 Å². The number of likely N-dealkylation sites (tertiary alicyclic amines) is 1. The zero-order valence-corrected chi connectivity index (χ0v) is 21.4. The maximum atomic E-state index is 13.5. The van der Waals surface area contributed by atoms with Crippen molar-refractivity contribution in [3.8, 4) is 5.75 Å². The van der Waals surface area contributed by atoms with Gasteiger partial charge in [0, 0.05) is 69.0 Å². The molecular formula is C30H32F3N3O2. The molecule has 5 nitrogen and oxygen atoms in total. The minimum absolute atomic E-state index is 0.0366. The van der Waals surface area contributed by atoms with E-state index in [2.05, 4.69) is 15.9 Å².